The maximum atomic E-state index is 12.6. The first-order valence-corrected chi connectivity index (χ1v) is 8.30. The smallest absolute Gasteiger partial charge is 0.230 e. The molecule has 1 aliphatic rings. The minimum atomic E-state index is -0.290. The number of para-hydroxylation sites is 2. The Morgan fingerprint density at radius 3 is 2.67 bits per heavy atom. The maximum absolute atomic E-state index is 12.6. The predicted molar refractivity (Wildman–Crippen MR) is 93.7 cm³/mol. The largest absolute Gasteiger partial charge is 0.346 e. The molecule has 1 N–H and O–H groups in total. The third-order valence-corrected chi connectivity index (χ3v) is 4.50. The van der Waals surface area contributed by atoms with Crippen molar-refractivity contribution in [3.8, 4) is 0 Å². The van der Waals surface area contributed by atoms with E-state index in [2.05, 4.69) is 31.1 Å². The van der Waals surface area contributed by atoms with Crippen LogP contribution in [0.4, 0.5) is 5.95 Å². The Bertz CT molecular complexity index is 788. The lowest BCUT2D eigenvalue weighted by molar-refractivity contribution is -0.137. The van der Waals surface area contributed by atoms with Gasteiger partial charge in [-0.25, -0.2) is 4.98 Å². The van der Waals surface area contributed by atoms with Crippen molar-refractivity contribution >= 4 is 28.8 Å². The molecular weight excluding hydrogens is 304 g/mol. The fourth-order valence-corrected chi connectivity index (χ4v) is 3.17. The minimum absolute atomic E-state index is 0.0192. The minimum Gasteiger partial charge on any atom is -0.346 e. The summed E-state index contributed by atoms with van der Waals surface area (Å²) in [5.74, 6) is 0.144. The van der Waals surface area contributed by atoms with Crippen molar-refractivity contribution in [1.82, 2.24) is 14.5 Å². The first kappa shape index (κ1) is 16.5. The molecule has 1 aromatic heterocycles. The zero-order chi connectivity index (χ0) is 17.5. The van der Waals surface area contributed by atoms with Crippen molar-refractivity contribution in [3.63, 3.8) is 0 Å². The van der Waals surface area contributed by atoms with Crippen molar-refractivity contribution in [2.24, 2.45) is 5.92 Å². The monoisotopic (exact) mass is 328 g/mol. The van der Waals surface area contributed by atoms with Gasteiger partial charge in [-0.05, 0) is 39.3 Å². The first-order valence-electron chi connectivity index (χ1n) is 8.30. The SMILES string of the molecule is CN1CCC(C(=O)Nc2nc3ccccc3n2C(C)(C)C)CC1=O. The molecule has 1 aromatic carbocycles. The van der Waals surface area contributed by atoms with E-state index in [1.165, 1.54) is 0 Å². The van der Waals surface area contributed by atoms with Crippen LogP contribution in [0.1, 0.15) is 33.6 Å². The van der Waals surface area contributed by atoms with E-state index in [4.69, 9.17) is 0 Å². The van der Waals surface area contributed by atoms with Crippen molar-refractivity contribution < 1.29 is 9.59 Å². The van der Waals surface area contributed by atoms with Gasteiger partial charge in [-0.15, -0.1) is 0 Å². The summed E-state index contributed by atoms with van der Waals surface area (Å²) in [5.41, 5.74) is 1.61. The molecule has 24 heavy (non-hydrogen) atoms. The third-order valence-electron chi connectivity index (χ3n) is 4.50. The molecule has 1 saturated heterocycles. The second-order valence-corrected chi connectivity index (χ2v) is 7.42. The van der Waals surface area contributed by atoms with Gasteiger partial charge in [0.2, 0.25) is 17.8 Å². The number of fused-ring (bicyclic) bond motifs is 1. The number of aromatic nitrogens is 2. The molecule has 0 bridgehead atoms. The molecule has 128 valence electrons. The summed E-state index contributed by atoms with van der Waals surface area (Å²) in [6.07, 6.45) is 0.946. The summed E-state index contributed by atoms with van der Waals surface area (Å²) in [5, 5.41) is 2.95. The lowest BCUT2D eigenvalue weighted by atomic mass is 9.96. The van der Waals surface area contributed by atoms with Crippen LogP contribution in [0.25, 0.3) is 11.0 Å². The highest BCUT2D eigenvalue weighted by Crippen LogP contribution is 2.29. The van der Waals surface area contributed by atoms with Crippen LogP contribution in [-0.2, 0) is 15.1 Å². The molecule has 0 spiro atoms. The van der Waals surface area contributed by atoms with E-state index in [-0.39, 0.29) is 29.7 Å². The molecule has 0 aliphatic carbocycles. The van der Waals surface area contributed by atoms with Gasteiger partial charge in [0.15, 0.2) is 0 Å². The third kappa shape index (κ3) is 3.00. The highest BCUT2D eigenvalue weighted by molar-refractivity contribution is 5.96. The molecule has 2 amide bonds. The van der Waals surface area contributed by atoms with Gasteiger partial charge in [-0.1, -0.05) is 12.1 Å². The van der Waals surface area contributed by atoms with Crippen LogP contribution in [0.2, 0.25) is 0 Å². The average molecular weight is 328 g/mol. The van der Waals surface area contributed by atoms with E-state index in [1.54, 1.807) is 11.9 Å². The summed E-state index contributed by atoms with van der Waals surface area (Å²) in [7, 11) is 1.77. The molecule has 0 radical (unpaired) electrons. The van der Waals surface area contributed by atoms with E-state index in [9.17, 15) is 9.59 Å². The summed E-state index contributed by atoms with van der Waals surface area (Å²) in [6, 6.07) is 7.84. The zero-order valence-corrected chi connectivity index (χ0v) is 14.7. The number of benzene rings is 1. The number of hydrogen-bond acceptors (Lipinski definition) is 3. The topological polar surface area (TPSA) is 67.2 Å². The second-order valence-electron chi connectivity index (χ2n) is 7.42. The lowest BCUT2D eigenvalue weighted by Gasteiger charge is -2.29. The number of anilines is 1. The quantitative estimate of drug-likeness (QED) is 0.921. The van der Waals surface area contributed by atoms with Gasteiger partial charge in [0.1, 0.15) is 0 Å². The van der Waals surface area contributed by atoms with Gasteiger partial charge in [-0.3, -0.25) is 14.9 Å². The molecule has 6 nitrogen and oxygen atoms in total. The summed E-state index contributed by atoms with van der Waals surface area (Å²) in [4.78, 5) is 30.8. The Kier molecular flexibility index (Phi) is 4.07. The summed E-state index contributed by atoms with van der Waals surface area (Å²) < 4.78 is 2.04. The van der Waals surface area contributed by atoms with Crippen molar-refractivity contribution in [3.05, 3.63) is 24.3 Å². The van der Waals surface area contributed by atoms with Crippen molar-refractivity contribution in [2.45, 2.75) is 39.2 Å². The first-order chi connectivity index (χ1) is 11.3. The highest BCUT2D eigenvalue weighted by atomic mass is 16.2. The van der Waals surface area contributed by atoms with Gasteiger partial charge >= 0.3 is 0 Å². The fraction of sp³-hybridized carbons (Fsp3) is 0.500. The van der Waals surface area contributed by atoms with Crippen LogP contribution < -0.4 is 5.32 Å². The van der Waals surface area contributed by atoms with Gasteiger partial charge < -0.3 is 9.47 Å². The normalized spacial score (nSPS) is 18.9. The molecule has 1 fully saturated rings. The van der Waals surface area contributed by atoms with Gasteiger partial charge in [-0.2, -0.15) is 0 Å². The van der Waals surface area contributed by atoms with E-state index < -0.39 is 0 Å². The predicted octanol–water partition coefficient (Wildman–Crippen LogP) is 2.60. The number of imidazole rings is 1. The van der Waals surface area contributed by atoms with Crippen molar-refractivity contribution in [1.29, 1.82) is 0 Å². The summed E-state index contributed by atoms with van der Waals surface area (Å²) in [6.45, 7) is 6.86. The number of nitrogens with one attached hydrogen (secondary N) is 1. The fourth-order valence-electron chi connectivity index (χ4n) is 3.17. The Morgan fingerprint density at radius 1 is 1.29 bits per heavy atom. The van der Waals surface area contributed by atoms with Crippen LogP contribution in [0.15, 0.2) is 24.3 Å². The van der Waals surface area contributed by atoms with Crippen LogP contribution in [-0.4, -0.2) is 39.9 Å². The number of hydrogen-bond donors (Lipinski definition) is 1. The maximum Gasteiger partial charge on any atom is 0.230 e. The molecule has 1 aliphatic heterocycles. The number of amides is 2. The number of carbonyl (C=O) groups is 2. The van der Waals surface area contributed by atoms with Gasteiger partial charge in [0, 0.05) is 31.5 Å². The Labute approximate surface area is 141 Å². The van der Waals surface area contributed by atoms with E-state index in [0.29, 0.717) is 18.9 Å². The number of likely N-dealkylation sites (tertiary alicyclic amines) is 1. The van der Waals surface area contributed by atoms with Crippen LogP contribution in [0.5, 0.6) is 0 Å². The molecule has 6 heteroatoms. The van der Waals surface area contributed by atoms with E-state index in [1.807, 2.05) is 28.8 Å². The zero-order valence-electron chi connectivity index (χ0n) is 14.7. The molecule has 2 heterocycles. The number of rotatable bonds is 2. The van der Waals surface area contributed by atoms with Gasteiger partial charge in [0.05, 0.1) is 11.0 Å². The van der Waals surface area contributed by atoms with E-state index >= 15 is 0 Å². The molecule has 0 saturated carbocycles. The van der Waals surface area contributed by atoms with Crippen molar-refractivity contribution in [2.75, 3.05) is 18.9 Å². The lowest BCUT2D eigenvalue weighted by Crippen LogP contribution is -2.40. The molecular formula is C18H24N4O2. The van der Waals surface area contributed by atoms with Gasteiger partial charge in [0.25, 0.3) is 0 Å². The summed E-state index contributed by atoms with van der Waals surface area (Å²) >= 11 is 0. The Balaban J connectivity index is 1.90. The Morgan fingerprint density at radius 2 is 2.00 bits per heavy atom. The number of piperidine rings is 1. The molecule has 1 atom stereocenters. The standard InChI is InChI=1S/C18H24N4O2/c1-18(2,3)22-14-8-6-5-7-13(14)19-17(22)20-16(24)12-9-10-21(4)15(23)11-12/h5-8,12H,9-11H2,1-4H3,(H,19,20,24). The van der Waals surface area contributed by atoms with Crippen LogP contribution in [0, 0.1) is 5.92 Å². The molecule has 1 unspecified atom stereocenters. The molecule has 3 rings (SSSR count). The second kappa shape index (κ2) is 5.92. The van der Waals surface area contributed by atoms with Crippen LogP contribution in [0.3, 0.4) is 0 Å². The number of nitrogens with zero attached hydrogens (tertiary/aromatic N) is 3. The number of carbonyl (C=O) groups excluding carboxylic acids is 2. The molecule has 2 aromatic rings. The Hall–Kier alpha value is -2.37. The highest BCUT2D eigenvalue weighted by Gasteiger charge is 2.30. The average Bonchev–Trinajstić information content (AvgIpc) is 2.87. The van der Waals surface area contributed by atoms with Crippen LogP contribution >= 0.6 is 0 Å². The van der Waals surface area contributed by atoms with E-state index in [0.717, 1.165) is 11.0 Å².